The molecule has 0 aromatic heterocycles. The van der Waals surface area contributed by atoms with Crippen molar-refractivity contribution in [2.45, 2.75) is 307 Å². The van der Waals surface area contributed by atoms with Crippen LogP contribution in [0.2, 0.25) is 0 Å². The highest BCUT2D eigenvalue weighted by Crippen LogP contribution is 2.60. The van der Waals surface area contributed by atoms with Gasteiger partial charge in [0.1, 0.15) is 0 Å². The molecule has 0 heterocycles. The van der Waals surface area contributed by atoms with Gasteiger partial charge in [-0.05, 0) is 343 Å². The molecule has 15 aliphatic rings. The number of benzene rings is 5. The van der Waals surface area contributed by atoms with Crippen molar-refractivity contribution in [3.8, 4) is 0 Å². The molecule has 0 N–H and O–H groups in total. The summed E-state index contributed by atoms with van der Waals surface area (Å²) in [6.07, 6.45) is 38.0. The summed E-state index contributed by atoms with van der Waals surface area (Å²) in [6, 6.07) is 44.1. The van der Waals surface area contributed by atoms with E-state index in [1.165, 1.54) is 220 Å². The Morgan fingerprint density at radius 2 is 0.305 bits per heavy atom. The Morgan fingerprint density at radius 3 is 0.400 bits per heavy atom. The molecule has 530 valence electrons. The molecule has 0 unspecified atom stereocenters. The fraction of sp³-hybridized carbons (Fsp3) is 0.625. The van der Waals surface area contributed by atoms with Gasteiger partial charge in [0, 0.05) is 57.5 Å². The van der Waals surface area contributed by atoms with Crippen molar-refractivity contribution in [2.75, 3.05) is 33.0 Å². The minimum Gasteiger partial charge on any atom is -0.375 e. The standard InChI is InChI=1S/5C16H22OS.5FH/c5*1-2-17-16-10-7-15(8-11-16,9-12-16)13-3-5-14(18)6-4-13;;;;;/h5*3-6,18H,2,7-12H2,1H3;5*1H. The zero-order valence-electron chi connectivity index (χ0n) is 57.6. The zero-order valence-corrected chi connectivity index (χ0v) is 62.1. The van der Waals surface area contributed by atoms with Crippen LogP contribution in [0.4, 0.5) is 23.5 Å². The van der Waals surface area contributed by atoms with Gasteiger partial charge in [0.05, 0.1) is 28.0 Å². The van der Waals surface area contributed by atoms with Crippen LogP contribution in [0.1, 0.15) is 255 Å². The monoisotopic (exact) mass is 1410 g/mol. The maximum absolute atomic E-state index is 6.05. The van der Waals surface area contributed by atoms with E-state index in [0.29, 0.717) is 27.1 Å². The van der Waals surface area contributed by atoms with Crippen molar-refractivity contribution >= 4 is 63.1 Å². The first-order chi connectivity index (χ1) is 43.4. The van der Waals surface area contributed by atoms with Crippen LogP contribution in [0.3, 0.4) is 0 Å². The first kappa shape index (κ1) is 81.3. The predicted molar refractivity (Wildman–Crippen MR) is 400 cm³/mol. The normalized spacial score (nSPS) is 32.9. The second-order valence-electron chi connectivity index (χ2n) is 29.7. The molecule has 95 heavy (non-hydrogen) atoms. The van der Waals surface area contributed by atoms with Gasteiger partial charge in [0.25, 0.3) is 0 Å². The average molecular weight is 1410 g/mol. The average Bonchev–Trinajstić information content (AvgIpc) is 0.791. The summed E-state index contributed by atoms with van der Waals surface area (Å²) in [5.41, 5.74) is 10.9. The van der Waals surface area contributed by atoms with Crippen molar-refractivity contribution in [1.29, 1.82) is 0 Å². The zero-order chi connectivity index (χ0) is 63.2. The van der Waals surface area contributed by atoms with E-state index >= 15 is 0 Å². The first-order valence-corrected chi connectivity index (χ1v) is 37.8. The molecule has 0 spiro atoms. The molecule has 15 fully saturated rings. The van der Waals surface area contributed by atoms with Crippen molar-refractivity contribution < 1.29 is 47.2 Å². The highest BCUT2D eigenvalue weighted by atomic mass is 32.1. The van der Waals surface area contributed by atoms with Gasteiger partial charge in [-0.3, -0.25) is 23.5 Å². The van der Waals surface area contributed by atoms with Crippen LogP contribution in [0, 0.1) is 0 Å². The Morgan fingerprint density at radius 1 is 0.200 bits per heavy atom. The summed E-state index contributed by atoms with van der Waals surface area (Å²) in [5, 5.41) is 0. The Hall–Kier alpha value is -2.70. The molecule has 0 radical (unpaired) electrons. The summed E-state index contributed by atoms with van der Waals surface area (Å²) in [5.74, 6) is 0. The molecule has 5 aromatic rings. The number of fused-ring (bicyclic) bond motifs is 15. The Labute approximate surface area is 595 Å². The van der Waals surface area contributed by atoms with E-state index in [1.807, 2.05) is 0 Å². The van der Waals surface area contributed by atoms with E-state index < -0.39 is 0 Å². The molecule has 0 atom stereocenters. The largest absolute Gasteiger partial charge is 0.375 e. The summed E-state index contributed by atoms with van der Waals surface area (Å²) in [4.78, 5) is 5.30. The van der Waals surface area contributed by atoms with Crippen molar-refractivity contribution in [1.82, 2.24) is 0 Å². The second-order valence-corrected chi connectivity index (χ2v) is 32.3. The van der Waals surface area contributed by atoms with Crippen LogP contribution in [0.5, 0.6) is 0 Å². The lowest BCUT2D eigenvalue weighted by atomic mass is 9.56. The van der Waals surface area contributed by atoms with Gasteiger partial charge in [-0.2, -0.15) is 0 Å². The number of rotatable bonds is 15. The van der Waals surface area contributed by atoms with Gasteiger partial charge in [-0.25, -0.2) is 0 Å². The third kappa shape index (κ3) is 17.8. The van der Waals surface area contributed by atoms with Crippen molar-refractivity contribution in [3.05, 3.63) is 149 Å². The van der Waals surface area contributed by atoms with Gasteiger partial charge in [-0.15, -0.1) is 63.1 Å². The summed E-state index contributed by atoms with van der Waals surface area (Å²) >= 11 is 21.9. The minimum atomic E-state index is 0. The summed E-state index contributed by atoms with van der Waals surface area (Å²) in [7, 11) is 0. The van der Waals surface area contributed by atoms with E-state index in [0.717, 1.165) is 57.5 Å². The molecular weight excluding hydrogens is 1300 g/mol. The van der Waals surface area contributed by atoms with Gasteiger partial charge in [0.2, 0.25) is 0 Å². The quantitative estimate of drug-likeness (QED) is 0.0534. The van der Waals surface area contributed by atoms with E-state index in [1.54, 1.807) is 0 Å². The molecule has 15 heteroatoms. The highest BCUT2D eigenvalue weighted by Gasteiger charge is 2.54. The fourth-order valence-electron chi connectivity index (χ4n) is 19.6. The van der Waals surface area contributed by atoms with Crippen molar-refractivity contribution in [3.63, 3.8) is 0 Å². The van der Waals surface area contributed by atoms with Crippen LogP contribution in [0.15, 0.2) is 146 Å². The SMILES string of the molecule is CCOC12CCC(c3ccc(S)cc3)(CC1)CC2.CCOC12CCC(c3ccc(S)cc3)(CC1)CC2.CCOC12CCC(c3ccc(S)cc3)(CC1)CC2.CCOC12CCC(c3ccc(S)cc3)(CC1)CC2.CCOC12CCC(c3ccc(S)cc3)(CC1)CC2.F.F.F.F.F. The lowest BCUT2D eigenvalue weighted by Gasteiger charge is -2.53. The Balaban J connectivity index is 0.000000186. The lowest BCUT2D eigenvalue weighted by Crippen LogP contribution is -2.49. The minimum absolute atomic E-state index is 0. The van der Waals surface area contributed by atoms with Crippen LogP contribution in [-0.4, -0.2) is 61.0 Å². The first-order valence-electron chi connectivity index (χ1n) is 35.6. The second kappa shape index (κ2) is 34.3. The third-order valence-electron chi connectivity index (χ3n) is 25.5. The van der Waals surface area contributed by atoms with E-state index in [4.69, 9.17) is 23.7 Å². The van der Waals surface area contributed by atoms with Crippen molar-refractivity contribution in [2.24, 2.45) is 0 Å². The number of hydrogen-bond donors (Lipinski definition) is 5. The van der Waals surface area contributed by atoms with E-state index in [9.17, 15) is 0 Å². The van der Waals surface area contributed by atoms with E-state index in [2.05, 4.69) is 219 Å². The lowest BCUT2D eigenvalue weighted by molar-refractivity contribution is -0.114. The summed E-state index contributed by atoms with van der Waals surface area (Å²) in [6.45, 7) is 14.9. The number of hydrogen-bond acceptors (Lipinski definition) is 10. The molecule has 15 aliphatic carbocycles. The smallest absolute Gasteiger partial charge is 0.0683 e. The van der Waals surface area contributed by atoms with Gasteiger partial charge in [0.15, 0.2) is 0 Å². The van der Waals surface area contributed by atoms with Gasteiger partial charge >= 0.3 is 0 Å². The number of halogens is 5. The van der Waals surface area contributed by atoms with Crippen LogP contribution < -0.4 is 0 Å². The van der Waals surface area contributed by atoms with Crippen LogP contribution in [0.25, 0.3) is 0 Å². The molecule has 10 bridgehead atoms. The maximum Gasteiger partial charge on any atom is 0.0683 e. The fourth-order valence-corrected chi connectivity index (χ4v) is 20.4. The summed E-state index contributed by atoms with van der Waals surface area (Å²) < 4.78 is 30.2. The Bertz CT molecular complexity index is 2510. The van der Waals surface area contributed by atoms with Gasteiger partial charge in [-0.1, -0.05) is 60.7 Å². The van der Waals surface area contributed by atoms with Crippen LogP contribution in [-0.2, 0) is 50.8 Å². The molecule has 0 amide bonds. The molecule has 20 rings (SSSR count). The number of thiol groups is 5. The number of ether oxygens (including phenoxy) is 5. The van der Waals surface area contributed by atoms with E-state index in [-0.39, 0.29) is 51.5 Å². The third-order valence-corrected chi connectivity index (χ3v) is 27.0. The molecule has 0 saturated heterocycles. The maximum atomic E-state index is 6.05. The predicted octanol–water partition coefficient (Wildman–Crippen LogP) is 22.5. The molecular formula is C80H115F5O5S5. The highest BCUT2D eigenvalue weighted by molar-refractivity contribution is 7.81. The topological polar surface area (TPSA) is 46.2 Å². The molecule has 5 aromatic carbocycles. The molecule has 15 saturated carbocycles. The Kier molecular flexibility index (Phi) is 29.4. The van der Waals surface area contributed by atoms with Crippen LogP contribution >= 0.6 is 63.1 Å². The molecule has 5 nitrogen and oxygen atoms in total. The van der Waals surface area contributed by atoms with Gasteiger partial charge < -0.3 is 23.7 Å². The molecule has 0 aliphatic heterocycles.